The van der Waals surface area contributed by atoms with Crippen molar-refractivity contribution in [3.05, 3.63) is 27.1 Å². The number of unbranched alkanes of at least 4 members (excludes halogenated alkanes) is 3. The molecule has 0 radical (unpaired) electrons. The van der Waals surface area contributed by atoms with Gasteiger partial charge < -0.3 is 0 Å². The standard InChI is InChI=1S/C14H20N2OS/c1-4-5-6-7-8-16-11(3)15-13-12(14(16)17)9-10(2)18-13/h9H,4-8H2,1-3H3. The first-order valence-corrected chi connectivity index (χ1v) is 7.42. The molecule has 0 fully saturated rings. The molecule has 0 aliphatic carbocycles. The van der Waals surface area contributed by atoms with E-state index in [1.165, 1.54) is 19.3 Å². The van der Waals surface area contributed by atoms with Crippen LogP contribution in [-0.2, 0) is 6.54 Å². The first-order valence-electron chi connectivity index (χ1n) is 6.61. The van der Waals surface area contributed by atoms with Crippen LogP contribution in [0.25, 0.3) is 10.2 Å². The molecule has 4 heteroatoms. The minimum Gasteiger partial charge on any atom is -0.296 e. The third-order valence-electron chi connectivity index (χ3n) is 3.20. The number of hydrogen-bond donors (Lipinski definition) is 0. The molecular formula is C14H20N2OS. The molecule has 3 nitrogen and oxygen atoms in total. The van der Waals surface area contributed by atoms with Gasteiger partial charge >= 0.3 is 0 Å². The van der Waals surface area contributed by atoms with E-state index in [4.69, 9.17) is 0 Å². The van der Waals surface area contributed by atoms with Gasteiger partial charge in [-0.2, -0.15) is 0 Å². The largest absolute Gasteiger partial charge is 0.296 e. The Kier molecular flexibility index (Phi) is 4.17. The van der Waals surface area contributed by atoms with Gasteiger partial charge in [0.15, 0.2) is 0 Å². The summed E-state index contributed by atoms with van der Waals surface area (Å²) in [5.41, 5.74) is 0.123. The summed E-state index contributed by atoms with van der Waals surface area (Å²) in [5, 5.41) is 0.776. The number of fused-ring (bicyclic) bond motifs is 1. The highest BCUT2D eigenvalue weighted by atomic mass is 32.1. The van der Waals surface area contributed by atoms with Crippen LogP contribution in [0, 0.1) is 13.8 Å². The Balaban J connectivity index is 2.29. The molecule has 0 aromatic carbocycles. The van der Waals surface area contributed by atoms with Crippen LogP contribution in [0.15, 0.2) is 10.9 Å². The van der Waals surface area contributed by atoms with Gasteiger partial charge in [0.25, 0.3) is 5.56 Å². The average Bonchev–Trinajstić information content (AvgIpc) is 2.69. The van der Waals surface area contributed by atoms with E-state index in [0.717, 1.165) is 33.9 Å². The lowest BCUT2D eigenvalue weighted by Crippen LogP contribution is -2.23. The maximum Gasteiger partial charge on any atom is 0.262 e. The molecule has 0 saturated carbocycles. The molecule has 0 atom stereocenters. The number of nitrogens with zero attached hydrogens (tertiary/aromatic N) is 2. The SMILES string of the molecule is CCCCCCn1c(C)nc2sc(C)cc2c1=O. The zero-order valence-corrected chi connectivity index (χ0v) is 12.1. The Hall–Kier alpha value is -1.16. The summed E-state index contributed by atoms with van der Waals surface area (Å²) >= 11 is 1.60. The Labute approximate surface area is 111 Å². The zero-order valence-electron chi connectivity index (χ0n) is 11.3. The Morgan fingerprint density at radius 2 is 2.06 bits per heavy atom. The van der Waals surface area contributed by atoms with Gasteiger partial charge in [-0.05, 0) is 26.3 Å². The molecule has 0 amide bonds. The Bertz CT molecular complexity index is 598. The Morgan fingerprint density at radius 1 is 1.28 bits per heavy atom. The molecule has 2 rings (SSSR count). The normalized spacial score (nSPS) is 11.3. The summed E-state index contributed by atoms with van der Waals surface area (Å²) in [7, 11) is 0. The molecule has 2 heterocycles. The number of rotatable bonds is 5. The summed E-state index contributed by atoms with van der Waals surface area (Å²) in [6, 6.07) is 1.96. The van der Waals surface area contributed by atoms with E-state index in [-0.39, 0.29) is 5.56 Å². The lowest BCUT2D eigenvalue weighted by atomic mass is 10.2. The summed E-state index contributed by atoms with van der Waals surface area (Å²) in [5.74, 6) is 0.839. The first-order chi connectivity index (χ1) is 8.63. The van der Waals surface area contributed by atoms with Crippen molar-refractivity contribution in [1.29, 1.82) is 0 Å². The van der Waals surface area contributed by atoms with Gasteiger partial charge in [0.05, 0.1) is 5.39 Å². The van der Waals surface area contributed by atoms with Crippen LogP contribution in [0.5, 0.6) is 0 Å². The Morgan fingerprint density at radius 3 is 2.78 bits per heavy atom. The van der Waals surface area contributed by atoms with Crippen LogP contribution in [0.1, 0.15) is 43.3 Å². The minimum absolute atomic E-state index is 0.123. The van der Waals surface area contributed by atoms with Gasteiger partial charge in [0.1, 0.15) is 10.7 Å². The van der Waals surface area contributed by atoms with Gasteiger partial charge in [-0.1, -0.05) is 26.2 Å². The quantitative estimate of drug-likeness (QED) is 0.773. The number of aryl methyl sites for hydroxylation is 2. The fourth-order valence-corrected chi connectivity index (χ4v) is 3.11. The van der Waals surface area contributed by atoms with E-state index in [2.05, 4.69) is 11.9 Å². The maximum absolute atomic E-state index is 12.4. The van der Waals surface area contributed by atoms with Crippen LogP contribution in [0.2, 0.25) is 0 Å². The van der Waals surface area contributed by atoms with E-state index >= 15 is 0 Å². The summed E-state index contributed by atoms with van der Waals surface area (Å²) in [6.07, 6.45) is 4.70. The topological polar surface area (TPSA) is 34.9 Å². The van der Waals surface area contributed by atoms with Crippen LogP contribution in [0.4, 0.5) is 0 Å². The molecule has 0 aliphatic heterocycles. The van der Waals surface area contributed by atoms with Crippen molar-refractivity contribution in [3.8, 4) is 0 Å². The monoisotopic (exact) mass is 264 g/mol. The molecular weight excluding hydrogens is 244 g/mol. The van der Waals surface area contributed by atoms with Gasteiger partial charge in [-0.3, -0.25) is 9.36 Å². The lowest BCUT2D eigenvalue weighted by Gasteiger charge is -2.08. The fourth-order valence-electron chi connectivity index (χ4n) is 2.20. The van der Waals surface area contributed by atoms with Crippen LogP contribution >= 0.6 is 11.3 Å². The second kappa shape index (κ2) is 5.65. The second-order valence-electron chi connectivity index (χ2n) is 4.75. The van der Waals surface area contributed by atoms with Crippen molar-refractivity contribution in [2.45, 2.75) is 53.0 Å². The summed E-state index contributed by atoms with van der Waals surface area (Å²) in [4.78, 5) is 18.9. The van der Waals surface area contributed by atoms with Crippen molar-refractivity contribution in [2.75, 3.05) is 0 Å². The molecule has 98 valence electrons. The van der Waals surface area contributed by atoms with Crippen molar-refractivity contribution in [3.63, 3.8) is 0 Å². The summed E-state index contributed by atoms with van der Waals surface area (Å²) in [6.45, 7) is 6.93. The first kappa shape index (κ1) is 13.3. The van der Waals surface area contributed by atoms with Crippen molar-refractivity contribution < 1.29 is 0 Å². The summed E-state index contributed by atoms with van der Waals surface area (Å²) < 4.78 is 1.82. The highest BCUT2D eigenvalue weighted by Crippen LogP contribution is 2.20. The van der Waals surface area contributed by atoms with Crippen molar-refractivity contribution in [1.82, 2.24) is 9.55 Å². The molecule has 2 aromatic rings. The molecule has 18 heavy (non-hydrogen) atoms. The third-order valence-corrected chi connectivity index (χ3v) is 4.14. The molecule has 0 aliphatic rings. The fraction of sp³-hybridized carbons (Fsp3) is 0.571. The van der Waals surface area contributed by atoms with E-state index < -0.39 is 0 Å². The van der Waals surface area contributed by atoms with E-state index in [0.29, 0.717) is 0 Å². The van der Waals surface area contributed by atoms with E-state index in [9.17, 15) is 4.79 Å². The molecule has 0 N–H and O–H groups in total. The predicted molar refractivity (Wildman–Crippen MR) is 77.5 cm³/mol. The zero-order chi connectivity index (χ0) is 13.1. The van der Waals surface area contributed by atoms with Crippen molar-refractivity contribution >= 4 is 21.6 Å². The van der Waals surface area contributed by atoms with Crippen molar-refractivity contribution in [2.24, 2.45) is 0 Å². The smallest absolute Gasteiger partial charge is 0.262 e. The molecule has 0 bridgehead atoms. The third kappa shape index (κ3) is 2.64. The van der Waals surface area contributed by atoms with Gasteiger partial charge in [-0.15, -0.1) is 11.3 Å². The number of thiophene rings is 1. The molecule has 0 saturated heterocycles. The lowest BCUT2D eigenvalue weighted by molar-refractivity contribution is 0.556. The number of hydrogen-bond acceptors (Lipinski definition) is 3. The van der Waals surface area contributed by atoms with Gasteiger partial charge in [0, 0.05) is 11.4 Å². The highest BCUT2D eigenvalue weighted by Gasteiger charge is 2.10. The minimum atomic E-state index is 0.123. The van der Waals surface area contributed by atoms with Gasteiger partial charge in [-0.25, -0.2) is 4.98 Å². The van der Waals surface area contributed by atoms with Crippen LogP contribution < -0.4 is 5.56 Å². The van der Waals surface area contributed by atoms with Crippen LogP contribution in [0.3, 0.4) is 0 Å². The molecule has 2 aromatic heterocycles. The van der Waals surface area contributed by atoms with E-state index in [1.807, 2.05) is 24.5 Å². The van der Waals surface area contributed by atoms with E-state index in [1.54, 1.807) is 11.3 Å². The second-order valence-corrected chi connectivity index (χ2v) is 5.99. The molecule has 0 unspecified atom stereocenters. The maximum atomic E-state index is 12.4. The van der Waals surface area contributed by atoms with Gasteiger partial charge in [0.2, 0.25) is 0 Å². The number of aromatic nitrogens is 2. The molecule has 0 spiro atoms. The predicted octanol–water partition coefficient (Wildman–Crippen LogP) is 3.66. The highest BCUT2D eigenvalue weighted by molar-refractivity contribution is 7.18. The van der Waals surface area contributed by atoms with Crippen LogP contribution in [-0.4, -0.2) is 9.55 Å². The average molecular weight is 264 g/mol.